The predicted molar refractivity (Wildman–Crippen MR) is 65.2 cm³/mol. The smallest absolute Gasteiger partial charge is 0.335 e. The highest BCUT2D eigenvalue weighted by Gasteiger charge is 2.25. The Kier molecular flexibility index (Phi) is 4.79. The van der Waals surface area contributed by atoms with Crippen molar-refractivity contribution in [3.63, 3.8) is 0 Å². The Labute approximate surface area is 114 Å². The number of methoxy groups -OCH3 is 1. The molecule has 0 fully saturated rings. The molecule has 0 bridgehead atoms. The summed E-state index contributed by atoms with van der Waals surface area (Å²) in [6.45, 7) is 1.23. The normalized spacial score (nSPS) is 12.8. The lowest BCUT2D eigenvalue weighted by atomic mass is 10.2. The van der Waals surface area contributed by atoms with E-state index in [9.17, 15) is 22.4 Å². The molecule has 0 radical (unpaired) electrons. The van der Waals surface area contributed by atoms with Gasteiger partial charge in [-0.25, -0.2) is 17.6 Å². The van der Waals surface area contributed by atoms with Crippen molar-refractivity contribution in [1.82, 2.24) is 4.72 Å². The monoisotopic (exact) mass is 305 g/mol. The molecule has 0 heterocycles. The number of rotatable bonds is 5. The molecule has 0 aliphatic carbocycles. The van der Waals surface area contributed by atoms with Gasteiger partial charge in [0.05, 0.1) is 12.7 Å². The van der Waals surface area contributed by atoms with Crippen LogP contribution in [0.3, 0.4) is 0 Å². The molecule has 110 valence electrons. The van der Waals surface area contributed by atoms with Crippen molar-refractivity contribution in [3.05, 3.63) is 29.6 Å². The molecule has 0 amide bonds. The van der Waals surface area contributed by atoms with E-state index in [1.54, 1.807) is 0 Å². The average Bonchev–Trinajstić information content (AvgIpc) is 2.36. The van der Waals surface area contributed by atoms with Crippen molar-refractivity contribution in [2.24, 2.45) is 0 Å². The number of hydrogen-bond donors (Lipinski definition) is 2. The molecule has 1 unspecified atom stereocenters. The molecule has 1 rings (SSSR count). The second-order valence-electron chi connectivity index (χ2n) is 3.82. The molecule has 1 aromatic carbocycles. The minimum Gasteiger partial charge on any atom is -0.478 e. The highest BCUT2D eigenvalue weighted by atomic mass is 32.2. The molecule has 1 aromatic rings. The molecule has 0 aliphatic heterocycles. The van der Waals surface area contributed by atoms with Crippen LogP contribution in [0.2, 0.25) is 0 Å². The Morgan fingerprint density at radius 3 is 2.45 bits per heavy atom. The molecule has 0 saturated heterocycles. The summed E-state index contributed by atoms with van der Waals surface area (Å²) in [6, 6.07) is 1.14. The third-order valence-electron chi connectivity index (χ3n) is 2.36. The zero-order valence-corrected chi connectivity index (χ0v) is 11.4. The van der Waals surface area contributed by atoms with Gasteiger partial charge in [-0.3, -0.25) is 4.79 Å². The minimum absolute atomic E-state index is 0.387. The Morgan fingerprint density at radius 2 is 2.00 bits per heavy atom. The van der Waals surface area contributed by atoms with Crippen LogP contribution in [-0.4, -0.2) is 38.6 Å². The topological polar surface area (TPSA) is 110 Å². The molecule has 1 atom stereocenters. The lowest BCUT2D eigenvalue weighted by Crippen LogP contribution is -2.39. The zero-order valence-electron chi connectivity index (χ0n) is 10.6. The van der Waals surface area contributed by atoms with E-state index in [1.807, 2.05) is 4.72 Å². The van der Waals surface area contributed by atoms with Crippen molar-refractivity contribution in [2.45, 2.75) is 17.9 Å². The quantitative estimate of drug-likeness (QED) is 0.760. The molecule has 0 aromatic heterocycles. The lowest BCUT2D eigenvalue weighted by molar-refractivity contribution is -0.142. The third-order valence-corrected chi connectivity index (χ3v) is 3.93. The largest absolute Gasteiger partial charge is 0.478 e. The Morgan fingerprint density at radius 1 is 1.40 bits per heavy atom. The van der Waals surface area contributed by atoms with Crippen molar-refractivity contribution < 1.29 is 32.2 Å². The van der Waals surface area contributed by atoms with Gasteiger partial charge >= 0.3 is 11.9 Å². The summed E-state index contributed by atoms with van der Waals surface area (Å²) in [7, 11) is -3.23. The average molecular weight is 305 g/mol. The summed E-state index contributed by atoms with van der Waals surface area (Å²) in [4.78, 5) is 21.0. The summed E-state index contributed by atoms with van der Waals surface area (Å²) in [5.74, 6) is -3.45. The standard InChI is InChI=1S/C11H12FNO6S/c1-6(11(16)19-2)13-20(17,18)9-4-3-7(10(14)15)5-8(9)12/h3-6,13H,1-2H3,(H,14,15). The van der Waals surface area contributed by atoms with E-state index in [-0.39, 0.29) is 5.56 Å². The Balaban J connectivity index is 3.10. The Hall–Kier alpha value is -2.00. The van der Waals surface area contributed by atoms with Crippen molar-refractivity contribution >= 4 is 22.0 Å². The fourth-order valence-corrected chi connectivity index (χ4v) is 2.62. The van der Waals surface area contributed by atoms with E-state index in [2.05, 4.69) is 4.74 Å². The van der Waals surface area contributed by atoms with Crippen LogP contribution in [0.1, 0.15) is 17.3 Å². The SMILES string of the molecule is COC(=O)C(C)NS(=O)(=O)c1ccc(C(=O)O)cc1F. The number of nitrogens with one attached hydrogen (secondary N) is 1. The second kappa shape index (κ2) is 5.97. The molecule has 0 spiro atoms. The third kappa shape index (κ3) is 3.52. The maximum atomic E-state index is 13.6. The first-order chi connectivity index (χ1) is 9.19. The lowest BCUT2D eigenvalue weighted by Gasteiger charge is -2.12. The van der Waals surface area contributed by atoms with E-state index in [4.69, 9.17) is 5.11 Å². The molecule has 9 heteroatoms. The van der Waals surface area contributed by atoms with E-state index < -0.39 is 38.7 Å². The molecule has 7 nitrogen and oxygen atoms in total. The molecule has 20 heavy (non-hydrogen) atoms. The number of benzene rings is 1. The minimum atomic E-state index is -4.31. The molecule has 0 aliphatic rings. The fraction of sp³-hybridized carbons (Fsp3) is 0.273. The summed E-state index contributed by atoms with van der Waals surface area (Å²) < 4.78 is 43.6. The maximum absolute atomic E-state index is 13.6. The highest BCUT2D eigenvalue weighted by molar-refractivity contribution is 7.89. The first-order valence-electron chi connectivity index (χ1n) is 5.32. The van der Waals surface area contributed by atoms with Gasteiger partial charge in [-0.2, -0.15) is 4.72 Å². The molecule has 2 N–H and O–H groups in total. The number of aromatic carboxylic acids is 1. The maximum Gasteiger partial charge on any atom is 0.335 e. The van der Waals surface area contributed by atoms with E-state index in [0.717, 1.165) is 19.2 Å². The van der Waals surface area contributed by atoms with Crippen molar-refractivity contribution in [3.8, 4) is 0 Å². The first kappa shape index (κ1) is 16.1. The molecular formula is C11H12FNO6S. The van der Waals surface area contributed by atoms with Crippen LogP contribution in [0.25, 0.3) is 0 Å². The summed E-state index contributed by atoms with van der Waals surface area (Å²) in [6.07, 6.45) is 0. The highest BCUT2D eigenvalue weighted by Crippen LogP contribution is 2.16. The van der Waals surface area contributed by atoms with Gasteiger partial charge in [-0.1, -0.05) is 0 Å². The van der Waals surface area contributed by atoms with Crippen molar-refractivity contribution in [1.29, 1.82) is 0 Å². The van der Waals surface area contributed by atoms with Gasteiger partial charge in [-0.15, -0.1) is 0 Å². The number of carbonyl (C=O) groups is 2. The second-order valence-corrected chi connectivity index (χ2v) is 5.50. The predicted octanol–water partition coefficient (Wildman–Crippen LogP) is 0.364. The number of carboxylic acids is 1. The van der Waals surface area contributed by atoms with Gasteiger partial charge in [0.2, 0.25) is 10.0 Å². The van der Waals surface area contributed by atoms with Crippen LogP contribution in [0.4, 0.5) is 4.39 Å². The zero-order chi connectivity index (χ0) is 15.5. The fourth-order valence-electron chi connectivity index (χ4n) is 1.37. The number of ether oxygens (including phenoxy) is 1. The number of carbonyl (C=O) groups excluding carboxylic acids is 1. The van der Waals surface area contributed by atoms with Crippen LogP contribution in [-0.2, 0) is 19.6 Å². The van der Waals surface area contributed by atoms with Gasteiger partial charge in [0.1, 0.15) is 16.8 Å². The van der Waals surface area contributed by atoms with Gasteiger partial charge in [-0.05, 0) is 25.1 Å². The van der Waals surface area contributed by atoms with Gasteiger partial charge < -0.3 is 9.84 Å². The number of halogens is 1. The number of carboxylic acid groups (broad SMARTS) is 1. The first-order valence-corrected chi connectivity index (χ1v) is 6.80. The summed E-state index contributed by atoms with van der Waals surface area (Å²) in [5.41, 5.74) is -0.387. The number of esters is 1. The molecule has 0 saturated carbocycles. The summed E-state index contributed by atoms with van der Waals surface area (Å²) in [5, 5.41) is 8.66. The molecular weight excluding hydrogens is 293 g/mol. The van der Waals surface area contributed by atoms with Crippen LogP contribution in [0.5, 0.6) is 0 Å². The van der Waals surface area contributed by atoms with Crippen LogP contribution in [0.15, 0.2) is 23.1 Å². The van der Waals surface area contributed by atoms with Crippen LogP contribution in [0, 0.1) is 5.82 Å². The number of sulfonamides is 1. The van der Waals surface area contributed by atoms with E-state index in [0.29, 0.717) is 6.07 Å². The van der Waals surface area contributed by atoms with Gasteiger partial charge in [0.15, 0.2) is 0 Å². The van der Waals surface area contributed by atoms with Crippen LogP contribution < -0.4 is 4.72 Å². The van der Waals surface area contributed by atoms with Crippen molar-refractivity contribution in [2.75, 3.05) is 7.11 Å². The van der Waals surface area contributed by atoms with E-state index in [1.165, 1.54) is 6.92 Å². The number of hydrogen-bond acceptors (Lipinski definition) is 5. The Bertz CT molecular complexity index is 642. The summed E-state index contributed by atoms with van der Waals surface area (Å²) >= 11 is 0. The van der Waals surface area contributed by atoms with Crippen LogP contribution >= 0.6 is 0 Å². The van der Waals surface area contributed by atoms with E-state index >= 15 is 0 Å². The van der Waals surface area contributed by atoms with Gasteiger partial charge in [0, 0.05) is 0 Å². The van der Waals surface area contributed by atoms with Gasteiger partial charge in [0.25, 0.3) is 0 Å².